The molecule has 7 nitrogen and oxygen atoms in total. The highest BCUT2D eigenvalue weighted by Gasteiger charge is 2.32. The van der Waals surface area contributed by atoms with Gasteiger partial charge in [0.05, 0.1) is 22.6 Å². The lowest BCUT2D eigenvalue weighted by atomic mass is 10.1. The van der Waals surface area contributed by atoms with Crippen LogP contribution in [0.5, 0.6) is 0 Å². The number of anilines is 1. The van der Waals surface area contributed by atoms with Crippen molar-refractivity contribution in [2.45, 2.75) is 24.1 Å². The Bertz CT molecular complexity index is 795. The van der Waals surface area contributed by atoms with E-state index in [9.17, 15) is 9.59 Å². The van der Waals surface area contributed by atoms with E-state index in [1.54, 1.807) is 12.4 Å². The highest BCUT2D eigenvalue weighted by atomic mass is 32.2. The van der Waals surface area contributed by atoms with Crippen molar-refractivity contribution >= 4 is 23.5 Å². The minimum Gasteiger partial charge on any atom is -0.381 e. The van der Waals surface area contributed by atoms with Crippen molar-refractivity contribution in [1.29, 1.82) is 0 Å². The van der Waals surface area contributed by atoms with Crippen LogP contribution in [0.2, 0.25) is 0 Å². The van der Waals surface area contributed by atoms with E-state index in [0.717, 1.165) is 18.4 Å². The maximum Gasteiger partial charge on any atom is 0.270 e. The zero-order valence-electron chi connectivity index (χ0n) is 13.0. The molecule has 126 valence electrons. The summed E-state index contributed by atoms with van der Waals surface area (Å²) in [6.07, 6.45) is 5.09. The average molecular weight is 346 g/mol. The van der Waals surface area contributed by atoms with Crippen molar-refractivity contribution in [3.05, 3.63) is 46.0 Å². The van der Waals surface area contributed by atoms with E-state index in [2.05, 4.69) is 15.4 Å². The number of rotatable bonds is 2. The monoisotopic (exact) mass is 346 g/mol. The number of pyridine rings is 1. The summed E-state index contributed by atoms with van der Waals surface area (Å²) < 4.78 is 7.23. The molecule has 0 bridgehead atoms. The lowest BCUT2D eigenvalue weighted by Crippen LogP contribution is -2.24. The molecule has 1 amide bonds. The van der Waals surface area contributed by atoms with Crippen molar-refractivity contribution in [1.82, 2.24) is 14.8 Å². The summed E-state index contributed by atoms with van der Waals surface area (Å²) in [6, 6.07) is 3.92. The number of aromatic nitrogens is 3. The highest BCUT2D eigenvalue weighted by Crippen LogP contribution is 2.40. The lowest BCUT2D eigenvalue weighted by molar-refractivity contribution is -0.113. The number of H-pyrrole nitrogens is 1. The Labute approximate surface area is 142 Å². The number of nitrogens with one attached hydrogen (secondary N) is 2. The Balaban J connectivity index is 1.82. The van der Waals surface area contributed by atoms with Gasteiger partial charge in [0, 0.05) is 25.6 Å². The molecule has 1 saturated heterocycles. The number of hydrogen-bond donors (Lipinski definition) is 2. The fourth-order valence-electron chi connectivity index (χ4n) is 3.26. The van der Waals surface area contributed by atoms with E-state index in [-0.39, 0.29) is 22.8 Å². The smallest absolute Gasteiger partial charge is 0.270 e. The molecule has 1 fully saturated rings. The van der Waals surface area contributed by atoms with Gasteiger partial charge in [-0.15, -0.1) is 11.8 Å². The molecule has 2 N–H and O–H groups in total. The first-order valence-electron chi connectivity index (χ1n) is 7.97. The second-order valence-corrected chi connectivity index (χ2v) is 7.04. The Morgan fingerprint density at radius 1 is 1.29 bits per heavy atom. The third kappa shape index (κ3) is 2.76. The molecule has 8 heteroatoms. The van der Waals surface area contributed by atoms with Gasteiger partial charge in [0.15, 0.2) is 0 Å². The summed E-state index contributed by atoms with van der Waals surface area (Å²) in [5, 5.41) is 5.64. The van der Waals surface area contributed by atoms with Crippen LogP contribution in [0.25, 0.3) is 0 Å². The quantitative estimate of drug-likeness (QED) is 0.864. The minimum absolute atomic E-state index is 0.0903. The number of ether oxygens (including phenoxy) is 1. The van der Waals surface area contributed by atoms with Gasteiger partial charge >= 0.3 is 0 Å². The van der Waals surface area contributed by atoms with Gasteiger partial charge in [0.1, 0.15) is 5.82 Å². The highest BCUT2D eigenvalue weighted by molar-refractivity contribution is 8.00. The number of carbonyl (C=O) groups excluding carboxylic acids is 1. The number of nitrogens with zero attached hydrogens (tertiary/aromatic N) is 2. The van der Waals surface area contributed by atoms with Gasteiger partial charge in [0.25, 0.3) is 5.56 Å². The normalized spacial score (nSPS) is 21.8. The topological polar surface area (TPSA) is 89.0 Å². The summed E-state index contributed by atoms with van der Waals surface area (Å²) in [5.74, 6) is 0.810. The van der Waals surface area contributed by atoms with Crippen LogP contribution in [-0.4, -0.2) is 39.6 Å². The molecule has 4 heterocycles. The Kier molecular flexibility index (Phi) is 4.15. The van der Waals surface area contributed by atoms with E-state index >= 15 is 0 Å². The molecule has 24 heavy (non-hydrogen) atoms. The van der Waals surface area contributed by atoms with E-state index in [1.165, 1.54) is 11.8 Å². The van der Waals surface area contributed by atoms with Crippen molar-refractivity contribution in [3.63, 3.8) is 0 Å². The maximum atomic E-state index is 12.7. The fraction of sp³-hybridized carbons (Fsp3) is 0.438. The standard InChI is InChI=1S/C16H18N4O3S/c21-12-9-24-14(10-2-1-5-17-8-10)13-15(18-12)20(19-16(13)22)11-3-6-23-7-4-11/h1-2,5,8,11,14H,3-4,6-7,9H2,(H,18,21)(H,19,22)/t14-/m0/s1. The predicted molar refractivity (Wildman–Crippen MR) is 91.3 cm³/mol. The van der Waals surface area contributed by atoms with Crippen molar-refractivity contribution in [2.75, 3.05) is 24.3 Å². The number of carbonyl (C=O) groups is 1. The van der Waals surface area contributed by atoms with Crippen LogP contribution in [0, 0.1) is 0 Å². The van der Waals surface area contributed by atoms with Crippen LogP contribution in [0.4, 0.5) is 5.82 Å². The van der Waals surface area contributed by atoms with Gasteiger partial charge in [-0.3, -0.25) is 24.4 Å². The van der Waals surface area contributed by atoms with E-state index in [4.69, 9.17) is 4.74 Å². The molecule has 0 aromatic carbocycles. The predicted octanol–water partition coefficient (Wildman–Crippen LogP) is 1.70. The van der Waals surface area contributed by atoms with Crippen LogP contribution in [-0.2, 0) is 9.53 Å². The minimum atomic E-state index is -0.211. The maximum absolute atomic E-state index is 12.7. The van der Waals surface area contributed by atoms with Gasteiger partial charge in [-0.05, 0) is 24.5 Å². The second kappa shape index (κ2) is 6.45. The Hall–Kier alpha value is -2.06. The number of aromatic amines is 1. The molecule has 0 spiro atoms. The van der Waals surface area contributed by atoms with E-state index in [1.807, 2.05) is 16.8 Å². The van der Waals surface area contributed by atoms with Gasteiger partial charge < -0.3 is 10.1 Å². The molecular formula is C16H18N4O3S. The summed E-state index contributed by atoms with van der Waals surface area (Å²) >= 11 is 1.45. The second-order valence-electron chi connectivity index (χ2n) is 5.94. The van der Waals surface area contributed by atoms with Gasteiger partial charge in [-0.2, -0.15) is 0 Å². The average Bonchev–Trinajstić information content (AvgIpc) is 2.83. The first kappa shape index (κ1) is 15.5. The first-order chi connectivity index (χ1) is 11.7. The third-order valence-corrected chi connectivity index (χ3v) is 5.68. The SMILES string of the molecule is O=C1CS[C@@H](c2cccnc2)c2c(n(C3CCOCC3)[nH]c2=O)N1. The summed E-state index contributed by atoms with van der Waals surface area (Å²) in [4.78, 5) is 29.0. The van der Waals surface area contributed by atoms with Gasteiger partial charge in [-0.25, -0.2) is 0 Å². The van der Waals surface area contributed by atoms with E-state index in [0.29, 0.717) is 30.3 Å². The van der Waals surface area contributed by atoms with Crippen LogP contribution in [0.1, 0.15) is 35.3 Å². The summed E-state index contributed by atoms with van der Waals surface area (Å²) in [5.41, 5.74) is 1.38. The van der Waals surface area contributed by atoms with Gasteiger partial charge in [0.2, 0.25) is 5.91 Å². The summed E-state index contributed by atoms with van der Waals surface area (Å²) in [7, 11) is 0. The molecule has 2 aromatic rings. The summed E-state index contributed by atoms with van der Waals surface area (Å²) in [6.45, 7) is 1.32. The molecule has 2 aromatic heterocycles. The van der Waals surface area contributed by atoms with E-state index < -0.39 is 0 Å². The van der Waals surface area contributed by atoms with Crippen molar-refractivity contribution < 1.29 is 9.53 Å². The molecule has 1 atom stereocenters. The zero-order chi connectivity index (χ0) is 16.5. The van der Waals surface area contributed by atoms with Crippen molar-refractivity contribution in [2.24, 2.45) is 0 Å². The molecule has 2 aliphatic heterocycles. The lowest BCUT2D eigenvalue weighted by Gasteiger charge is -2.25. The number of amides is 1. The molecule has 0 saturated carbocycles. The fourth-order valence-corrected chi connectivity index (χ4v) is 4.36. The number of hydrogen-bond acceptors (Lipinski definition) is 5. The number of fused-ring (bicyclic) bond motifs is 1. The third-order valence-electron chi connectivity index (χ3n) is 4.41. The van der Waals surface area contributed by atoms with Crippen molar-refractivity contribution in [3.8, 4) is 0 Å². The first-order valence-corrected chi connectivity index (χ1v) is 9.02. The van der Waals surface area contributed by atoms with Crippen LogP contribution >= 0.6 is 11.8 Å². The molecule has 0 radical (unpaired) electrons. The Morgan fingerprint density at radius 3 is 2.88 bits per heavy atom. The molecule has 4 rings (SSSR count). The molecule has 2 aliphatic rings. The van der Waals surface area contributed by atoms with Crippen LogP contribution < -0.4 is 10.9 Å². The number of thioether (sulfide) groups is 1. The molecule has 0 unspecified atom stereocenters. The van der Waals surface area contributed by atoms with Gasteiger partial charge in [-0.1, -0.05) is 6.07 Å². The molecule has 0 aliphatic carbocycles. The van der Waals surface area contributed by atoms with Crippen LogP contribution in [0.3, 0.4) is 0 Å². The largest absolute Gasteiger partial charge is 0.381 e. The molecular weight excluding hydrogens is 328 g/mol. The van der Waals surface area contributed by atoms with Crippen LogP contribution in [0.15, 0.2) is 29.3 Å². The zero-order valence-corrected chi connectivity index (χ0v) is 13.8. The Morgan fingerprint density at radius 2 is 2.12 bits per heavy atom.